The zero-order valence-electron chi connectivity index (χ0n) is 7.99. The lowest BCUT2D eigenvalue weighted by atomic mass is 10.2. The number of aromatic hydroxyl groups is 1. The van der Waals surface area contributed by atoms with E-state index in [1.165, 1.54) is 0 Å². The highest BCUT2D eigenvalue weighted by atomic mass is 16.3. The van der Waals surface area contributed by atoms with Crippen LogP contribution in [0.3, 0.4) is 0 Å². The Labute approximate surface area is 82.4 Å². The van der Waals surface area contributed by atoms with Gasteiger partial charge in [-0.15, -0.1) is 0 Å². The molecule has 0 amide bonds. The van der Waals surface area contributed by atoms with E-state index < -0.39 is 0 Å². The molecule has 0 radical (unpaired) electrons. The Kier molecular flexibility index (Phi) is 2.33. The Morgan fingerprint density at radius 1 is 1.29 bits per heavy atom. The first-order valence-electron chi connectivity index (χ1n) is 4.53. The Morgan fingerprint density at radius 3 is 2.93 bits per heavy atom. The van der Waals surface area contributed by atoms with Crippen molar-refractivity contribution in [1.82, 2.24) is 10.3 Å². The molecule has 1 aromatic heterocycles. The third kappa shape index (κ3) is 1.67. The number of aromatic nitrogens is 1. The molecule has 0 fully saturated rings. The van der Waals surface area contributed by atoms with Crippen molar-refractivity contribution in [3.05, 3.63) is 36.0 Å². The molecule has 0 bridgehead atoms. The largest absolute Gasteiger partial charge is 0.508 e. The molecule has 14 heavy (non-hydrogen) atoms. The Balaban J connectivity index is 2.50. The van der Waals surface area contributed by atoms with Crippen LogP contribution in [0.25, 0.3) is 10.9 Å². The number of phenolic OH excluding ortho intramolecular Hbond substituents is 1. The molecule has 0 atom stereocenters. The third-order valence-corrected chi connectivity index (χ3v) is 2.09. The van der Waals surface area contributed by atoms with Crippen molar-refractivity contribution < 1.29 is 5.11 Å². The lowest BCUT2D eigenvalue weighted by Gasteiger charge is -2.02. The molecule has 3 heteroatoms. The van der Waals surface area contributed by atoms with Gasteiger partial charge < -0.3 is 10.4 Å². The maximum absolute atomic E-state index is 9.26. The molecular formula is C11H12N2O. The van der Waals surface area contributed by atoms with Gasteiger partial charge in [0.1, 0.15) is 5.75 Å². The van der Waals surface area contributed by atoms with E-state index in [0.29, 0.717) is 0 Å². The summed E-state index contributed by atoms with van der Waals surface area (Å²) in [5, 5.41) is 13.3. The van der Waals surface area contributed by atoms with E-state index in [1.54, 1.807) is 12.1 Å². The smallest absolute Gasteiger partial charge is 0.116 e. The van der Waals surface area contributed by atoms with Crippen LogP contribution in [0.5, 0.6) is 5.75 Å². The predicted octanol–water partition coefficient (Wildman–Crippen LogP) is 1.66. The number of fused-ring (bicyclic) bond motifs is 1. The maximum Gasteiger partial charge on any atom is 0.116 e. The zero-order valence-corrected chi connectivity index (χ0v) is 7.99. The van der Waals surface area contributed by atoms with Crippen molar-refractivity contribution in [3.63, 3.8) is 0 Å². The zero-order chi connectivity index (χ0) is 9.97. The van der Waals surface area contributed by atoms with Gasteiger partial charge in [0.15, 0.2) is 0 Å². The van der Waals surface area contributed by atoms with Gasteiger partial charge in [-0.1, -0.05) is 6.07 Å². The van der Waals surface area contributed by atoms with Gasteiger partial charge in [0.25, 0.3) is 0 Å². The summed E-state index contributed by atoms with van der Waals surface area (Å²) in [5.41, 5.74) is 1.92. The standard InChI is InChI=1S/C11H12N2O/c1-12-7-9-3-2-8-6-10(14)4-5-11(8)13-9/h2-6,12,14H,7H2,1H3. The van der Waals surface area contributed by atoms with Crippen LogP contribution in [-0.4, -0.2) is 17.1 Å². The van der Waals surface area contributed by atoms with Crippen molar-refractivity contribution in [2.24, 2.45) is 0 Å². The number of hydrogen-bond acceptors (Lipinski definition) is 3. The number of nitrogens with one attached hydrogen (secondary N) is 1. The number of rotatable bonds is 2. The molecule has 2 N–H and O–H groups in total. The molecule has 1 aromatic carbocycles. The Bertz CT molecular complexity index is 454. The molecule has 0 unspecified atom stereocenters. The first kappa shape index (κ1) is 8.97. The van der Waals surface area contributed by atoms with Gasteiger partial charge >= 0.3 is 0 Å². The SMILES string of the molecule is CNCc1ccc2cc(O)ccc2n1. The molecule has 0 aliphatic rings. The fraction of sp³-hybridized carbons (Fsp3) is 0.182. The van der Waals surface area contributed by atoms with Crippen LogP contribution in [0, 0.1) is 0 Å². The Hall–Kier alpha value is -1.61. The van der Waals surface area contributed by atoms with Crippen LogP contribution in [-0.2, 0) is 6.54 Å². The Morgan fingerprint density at radius 2 is 2.14 bits per heavy atom. The van der Waals surface area contributed by atoms with Crippen LogP contribution in [0.2, 0.25) is 0 Å². The number of phenols is 1. The summed E-state index contributed by atoms with van der Waals surface area (Å²) in [6.45, 7) is 0.761. The molecule has 0 aliphatic carbocycles. The van der Waals surface area contributed by atoms with Crippen LogP contribution in [0.1, 0.15) is 5.69 Å². The summed E-state index contributed by atoms with van der Waals surface area (Å²) >= 11 is 0. The average Bonchev–Trinajstić information content (AvgIpc) is 2.19. The second-order valence-electron chi connectivity index (χ2n) is 3.21. The fourth-order valence-corrected chi connectivity index (χ4v) is 1.43. The number of nitrogens with zero attached hydrogens (tertiary/aromatic N) is 1. The van der Waals surface area contributed by atoms with Gasteiger partial charge in [-0.3, -0.25) is 4.98 Å². The minimum Gasteiger partial charge on any atom is -0.508 e. The summed E-state index contributed by atoms with van der Waals surface area (Å²) in [5.74, 6) is 0.278. The van der Waals surface area contributed by atoms with Gasteiger partial charge in [-0.05, 0) is 31.3 Å². The van der Waals surface area contributed by atoms with Gasteiger partial charge in [0.2, 0.25) is 0 Å². The van der Waals surface area contributed by atoms with Gasteiger partial charge in [0.05, 0.1) is 11.2 Å². The molecule has 3 nitrogen and oxygen atoms in total. The number of pyridine rings is 1. The van der Waals surface area contributed by atoms with Crippen molar-refractivity contribution in [1.29, 1.82) is 0 Å². The van der Waals surface area contributed by atoms with E-state index in [0.717, 1.165) is 23.1 Å². The second-order valence-corrected chi connectivity index (χ2v) is 3.21. The normalized spacial score (nSPS) is 10.6. The quantitative estimate of drug-likeness (QED) is 0.753. The van der Waals surface area contributed by atoms with E-state index in [-0.39, 0.29) is 5.75 Å². The van der Waals surface area contributed by atoms with Crippen molar-refractivity contribution in [2.75, 3.05) is 7.05 Å². The minimum absolute atomic E-state index is 0.278. The first-order chi connectivity index (χ1) is 6.79. The lowest BCUT2D eigenvalue weighted by molar-refractivity contribution is 0.476. The molecule has 2 rings (SSSR count). The highest BCUT2D eigenvalue weighted by molar-refractivity contribution is 5.80. The molecule has 72 valence electrons. The molecule has 1 heterocycles. The molecule has 0 saturated carbocycles. The lowest BCUT2D eigenvalue weighted by Crippen LogP contribution is -2.06. The topological polar surface area (TPSA) is 45.1 Å². The van der Waals surface area contributed by atoms with Crippen molar-refractivity contribution in [2.45, 2.75) is 6.54 Å². The molecule has 0 spiro atoms. The third-order valence-electron chi connectivity index (χ3n) is 2.09. The summed E-state index contributed by atoms with van der Waals surface area (Å²) < 4.78 is 0. The van der Waals surface area contributed by atoms with Gasteiger partial charge in [-0.2, -0.15) is 0 Å². The highest BCUT2D eigenvalue weighted by Crippen LogP contribution is 2.18. The summed E-state index contributed by atoms with van der Waals surface area (Å²) in [4.78, 5) is 4.43. The van der Waals surface area contributed by atoms with Crippen LogP contribution >= 0.6 is 0 Å². The predicted molar refractivity (Wildman–Crippen MR) is 56.2 cm³/mol. The molecule has 2 aromatic rings. The summed E-state index contributed by atoms with van der Waals surface area (Å²) in [7, 11) is 1.89. The summed E-state index contributed by atoms with van der Waals surface area (Å²) in [6.07, 6.45) is 0. The summed E-state index contributed by atoms with van der Waals surface area (Å²) in [6, 6.07) is 9.11. The first-order valence-corrected chi connectivity index (χ1v) is 4.53. The minimum atomic E-state index is 0.278. The fourth-order valence-electron chi connectivity index (χ4n) is 1.43. The van der Waals surface area contributed by atoms with Crippen LogP contribution in [0.15, 0.2) is 30.3 Å². The van der Waals surface area contributed by atoms with E-state index >= 15 is 0 Å². The van der Waals surface area contributed by atoms with E-state index in [9.17, 15) is 5.11 Å². The molecular weight excluding hydrogens is 176 g/mol. The molecule has 0 saturated heterocycles. The second kappa shape index (κ2) is 3.64. The van der Waals surface area contributed by atoms with Gasteiger partial charge in [-0.25, -0.2) is 0 Å². The van der Waals surface area contributed by atoms with E-state index in [1.807, 2.05) is 25.2 Å². The highest BCUT2D eigenvalue weighted by Gasteiger charge is 1.98. The van der Waals surface area contributed by atoms with E-state index in [2.05, 4.69) is 10.3 Å². The average molecular weight is 188 g/mol. The van der Waals surface area contributed by atoms with Crippen molar-refractivity contribution in [3.8, 4) is 5.75 Å². The number of benzene rings is 1. The monoisotopic (exact) mass is 188 g/mol. The van der Waals surface area contributed by atoms with Gasteiger partial charge in [0, 0.05) is 11.9 Å². The maximum atomic E-state index is 9.26. The van der Waals surface area contributed by atoms with E-state index in [4.69, 9.17) is 0 Å². The molecule has 0 aliphatic heterocycles. The van der Waals surface area contributed by atoms with Crippen molar-refractivity contribution >= 4 is 10.9 Å². The van der Waals surface area contributed by atoms with Crippen LogP contribution in [0.4, 0.5) is 0 Å². The number of hydrogen-bond donors (Lipinski definition) is 2. The van der Waals surface area contributed by atoms with Crippen LogP contribution < -0.4 is 5.32 Å².